The van der Waals surface area contributed by atoms with Gasteiger partial charge < -0.3 is 0 Å². The summed E-state index contributed by atoms with van der Waals surface area (Å²) in [6, 6.07) is 0. The minimum Gasteiger partial charge on any atom is -0.271 e. The number of rotatable bonds is 0. The quantitative estimate of drug-likeness (QED) is 0.538. The topological polar surface area (TPSA) is 44.0 Å². The normalized spacial score (nSPS) is 10.3. The van der Waals surface area contributed by atoms with Gasteiger partial charge in [0, 0.05) is 14.1 Å². The van der Waals surface area contributed by atoms with Crippen molar-refractivity contribution >= 4 is 11.6 Å². The molecule has 1 rings (SSSR count). The molecule has 0 N–H and O–H groups in total. The largest absolute Gasteiger partial charge is 0.332 e. The Morgan fingerprint density at radius 3 is 2.25 bits per heavy atom. The summed E-state index contributed by atoms with van der Waals surface area (Å²) in [7, 11) is 2.43. The average molecular weight is 193 g/mol. The second-order valence-corrected chi connectivity index (χ2v) is 2.69. The fourth-order valence-corrected chi connectivity index (χ4v) is 1.03. The van der Waals surface area contributed by atoms with Gasteiger partial charge in [-0.3, -0.25) is 13.9 Å². The van der Waals surface area contributed by atoms with Crippen molar-refractivity contribution in [2.75, 3.05) is 0 Å². The first-order chi connectivity index (χ1) is 5.46. The lowest BCUT2D eigenvalue weighted by molar-refractivity contribution is 0.487. The molecular formula is C6H6ClFN2O2. The zero-order valence-electron chi connectivity index (χ0n) is 6.47. The molecule has 1 aromatic heterocycles. The van der Waals surface area contributed by atoms with Crippen LogP contribution < -0.4 is 11.2 Å². The maximum atomic E-state index is 12.9. The lowest BCUT2D eigenvalue weighted by Crippen LogP contribution is -2.38. The zero-order chi connectivity index (χ0) is 9.46. The number of nitrogens with zero attached hydrogens (tertiary/aromatic N) is 2. The predicted molar refractivity (Wildman–Crippen MR) is 41.9 cm³/mol. The van der Waals surface area contributed by atoms with Gasteiger partial charge >= 0.3 is 5.69 Å². The van der Waals surface area contributed by atoms with E-state index in [4.69, 9.17) is 11.6 Å². The SMILES string of the molecule is Cn1c(F)c(Cl)c(=O)n(C)c1=O. The van der Waals surface area contributed by atoms with E-state index < -0.39 is 22.2 Å². The third-order valence-corrected chi connectivity index (χ3v) is 1.86. The lowest BCUT2D eigenvalue weighted by atomic mass is 10.6. The van der Waals surface area contributed by atoms with Gasteiger partial charge in [-0.25, -0.2) is 4.79 Å². The smallest absolute Gasteiger partial charge is 0.271 e. The van der Waals surface area contributed by atoms with Gasteiger partial charge in [0.15, 0.2) is 5.02 Å². The van der Waals surface area contributed by atoms with Crippen LogP contribution in [0.5, 0.6) is 0 Å². The van der Waals surface area contributed by atoms with Crippen LogP contribution in [-0.4, -0.2) is 9.13 Å². The summed E-state index contributed by atoms with van der Waals surface area (Å²) in [6.45, 7) is 0. The van der Waals surface area contributed by atoms with E-state index in [1.54, 1.807) is 0 Å². The fourth-order valence-electron chi connectivity index (χ4n) is 0.779. The third-order valence-electron chi connectivity index (χ3n) is 1.54. The Kier molecular flexibility index (Phi) is 2.06. The summed E-state index contributed by atoms with van der Waals surface area (Å²) in [5, 5.41) is -0.570. The Hall–Kier alpha value is -1.10. The van der Waals surface area contributed by atoms with Crippen molar-refractivity contribution in [1.82, 2.24) is 9.13 Å². The molecular weight excluding hydrogens is 187 g/mol. The van der Waals surface area contributed by atoms with Crippen molar-refractivity contribution in [3.63, 3.8) is 0 Å². The second kappa shape index (κ2) is 2.75. The highest BCUT2D eigenvalue weighted by Gasteiger charge is 2.12. The molecule has 66 valence electrons. The zero-order valence-corrected chi connectivity index (χ0v) is 7.22. The first-order valence-electron chi connectivity index (χ1n) is 3.08. The molecule has 0 aliphatic heterocycles. The van der Waals surface area contributed by atoms with E-state index in [0.717, 1.165) is 4.57 Å². The molecule has 0 saturated heterocycles. The molecule has 0 bridgehead atoms. The van der Waals surface area contributed by atoms with Crippen LogP contribution in [0.25, 0.3) is 0 Å². The van der Waals surface area contributed by atoms with Crippen LogP contribution in [0.15, 0.2) is 9.59 Å². The Bertz CT molecular complexity index is 397. The van der Waals surface area contributed by atoms with E-state index in [2.05, 4.69) is 0 Å². The van der Waals surface area contributed by atoms with Gasteiger partial charge in [0.25, 0.3) is 5.56 Å². The number of hydrogen-bond donors (Lipinski definition) is 0. The van der Waals surface area contributed by atoms with Gasteiger partial charge in [-0.2, -0.15) is 4.39 Å². The molecule has 0 unspecified atom stereocenters. The van der Waals surface area contributed by atoms with Crippen LogP contribution in [-0.2, 0) is 14.1 Å². The summed E-state index contributed by atoms with van der Waals surface area (Å²) in [5.74, 6) is -1.01. The highest BCUT2D eigenvalue weighted by Crippen LogP contribution is 2.03. The minimum absolute atomic E-state index is 0.570. The first kappa shape index (κ1) is 8.99. The molecule has 0 aromatic carbocycles. The Morgan fingerprint density at radius 2 is 1.75 bits per heavy atom. The van der Waals surface area contributed by atoms with E-state index in [9.17, 15) is 14.0 Å². The average Bonchev–Trinajstić information content (AvgIpc) is 2.08. The molecule has 1 heterocycles. The monoisotopic (exact) mass is 192 g/mol. The molecule has 0 saturated carbocycles. The van der Waals surface area contributed by atoms with E-state index in [0.29, 0.717) is 4.57 Å². The van der Waals surface area contributed by atoms with Crippen molar-refractivity contribution in [3.05, 3.63) is 31.8 Å². The van der Waals surface area contributed by atoms with Gasteiger partial charge in [-0.1, -0.05) is 11.6 Å². The Morgan fingerprint density at radius 1 is 1.25 bits per heavy atom. The summed E-state index contributed by atoms with van der Waals surface area (Å²) in [6.07, 6.45) is 0. The van der Waals surface area contributed by atoms with Crippen LogP contribution >= 0.6 is 11.6 Å². The van der Waals surface area contributed by atoms with E-state index in [1.807, 2.05) is 0 Å². The molecule has 0 aliphatic rings. The van der Waals surface area contributed by atoms with Crippen LogP contribution in [0.1, 0.15) is 0 Å². The minimum atomic E-state index is -1.01. The van der Waals surface area contributed by atoms with Crippen molar-refractivity contribution in [1.29, 1.82) is 0 Å². The van der Waals surface area contributed by atoms with Crippen molar-refractivity contribution < 1.29 is 4.39 Å². The van der Waals surface area contributed by atoms with E-state index >= 15 is 0 Å². The van der Waals surface area contributed by atoms with Crippen molar-refractivity contribution in [3.8, 4) is 0 Å². The highest BCUT2D eigenvalue weighted by molar-refractivity contribution is 6.30. The number of hydrogen-bond acceptors (Lipinski definition) is 2. The summed E-state index contributed by atoms with van der Waals surface area (Å²) >= 11 is 5.29. The van der Waals surface area contributed by atoms with Gasteiger partial charge in [0.1, 0.15) is 0 Å². The van der Waals surface area contributed by atoms with Gasteiger partial charge in [0.05, 0.1) is 0 Å². The summed E-state index contributed by atoms with van der Waals surface area (Å²) in [4.78, 5) is 21.9. The van der Waals surface area contributed by atoms with Gasteiger partial charge in [-0.15, -0.1) is 0 Å². The van der Waals surface area contributed by atoms with Crippen LogP contribution in [0.2, 0.25) is 5.02 Å². The third kappa shape index (κ3) is 1.06. The first-order valence-corrected chi connectivity index (χ1v) is 3.45. The van der Waals surface area contributed by atoms with E-state index in [-0.39, 0.29) is 0 Å². The second-order valence-electron chi connectivity index (χ2n) is 2.31. The molecule has 0 fully saturated rings. The Labute approximate surface area is 71.8 Å². The molecule has 1 aromatic rings. The molecule has 0 spiro atoms. The molecule has 0 radical (unpaired) electrons. The highest BCUT2D eigenvalue weighted by atomic mass is 35.5. The lowest BCUT2D eigenvalue weighted by Gasteiger charge is -2.03. The molecule has 4 nitrogen and oxygen atoms in total. The molecule has 0 aliphatic carbocycles. The fraction of sp³-hybridized carbons (Fsp3) is 0.333. The number of halogens is 2. The summed E-state index contributed by atoms with van der Waals surface area (Å²) < 4.78 is 14.3. The van der Waals surface area contributed by atoms with Crippen molar-refractivity contribution in [2.24, 2.45) is 14.1 Å². The van der Waals surface area contributed by atoms with Crippen LogP contribution in [0.3, 0.4) is 0 Å². The van der Waals surface area contributed by atoms with Crippen molar-refractivity contribution in [2.45, 2.75) is 0 Å². The predicted octanol–water partition coefficient (Wildman–Crippen LogP) is -0.124. The van der Waals surface area contributed by atoms with Crippen LogP contribution in [0.4, 0.5) is 4.39 Å². The summed E-state index contributed by atoms with van der Waals surface area (Å²) in [5.41, 5.74) is -1.56. The molecule has 6 heteroatoms. The maximum Gasteiger partial charge on any atom is 0.332 e. The molecule has 0 atom stereocenters. The molecule has 0 amide bonds. The van der Waals surface area contributed by atoms with Gasteiger partial charge in [0.2, 0.25) is 5.95 Å². The van der Waals surface area contributed by atoms with E-state index in [1.165, 1.54) is 14.1 Å². The van der Waals surface area contributed by atoms with Crippen LogP contribution in [0, 0.1) is 5.95 Å². The molecule has 12 heavy (non-hydrogen) atoms. The number of aromatic nitrogens is 2. The maximum absolute atomic E-state index is 12.9. The standard InChI is InChI=1S/C6H6ClFN2O2/c1-9-4(8)3(7)5(11)10(2)6(9)12/h1-2H3. The Balaban J connectivity index is 3.86. The van der Waals surface area contributed by atoms with Gasteiger partial charge in [-0.05, 0) is 0 Å².